The SMILES string of the molecule is O=C(O)Cn1ccc2c(CCCNC3C=CC(C(c4ccccc4)c4ccccc4)=CC3)cccc21. The van der Waals surface area contributed by atoms with Gasteiger partial charge in [-0.15, -0.1) is 0 Å². The minimum atomic E-state index is -0.821. The quantitative estimate of drug-likeness (QED) is 0.263. The van der Waals surface area contributed by atoms with Crippen molar-refractivity contribution in [2.45, 2.75) is 37.8 Å². The molecule has 1 unspecified atom stereocenters. The van der Waals surface area contributed by atoms with Crippen LogP contribution < -0.4 is 5.32 Å². The van der Waals surface area contributed by atoms with Gasteiger partial charge in [0.1, 0.15) is 6.54 Å². The predicted molar refractivity (Wildman–Crippen MR) is 146 cm³/mol. The molecule has 0 radical (unpaired) electrons. The Morgan fingerprint density at radius 1 is 0.944 bits per heavy atom. The molecule has 4 nitrogen and oxygen atoms in total. The molecule has 0 bridgehead atoms. The zero-order chi connectivity index (χ0) is 24.7. The predicted octanol–water partition coefficient (Wildman–Crippen LogP) is 6.34. The molecule has 0 spiro atoms. The Morgan fingerprint density at radius 3 is 2.31 bits per heavy atom. The van der Waals surface area contributed by atoms with E-state index in [0.29, 0.717) is 6.04 Å². The number of carboxylic acids is 1. The third-order valence-electron chi connectivity index (χ3n) is 6.97. The van der Waals surface area contributed by atoms with Crippen LogP contribution in [-0.2, 0) is 17.8 Å². The molecule has 0 saturated heterocycles. The Hall–Kier alpha value is -3.89. The van der Waals surface area contributed by atoms with Crippen molar-refractivity contribution in [3.05, 3.63) is 132 Å². The summed E-state index contributed by atoms with van der Waals surface area (Å²) < 4.78 is 1.80. The maximum atomic E-state index is 11.1. The fraction of sp³-hybridized carbons (Fsp3) is 0.219. The van der Waals surface area contributed by atoms with E-state index >= 15 is 0 Å². The van der Waals surface area contributed by atoms with E-state index in [1.54, 1.807) is 4.57 Å². The number of aliphatic carboxylic acids is 1. The Kier molecular flexibility index (Phi) is 7.44. The summed E-state index contributed by atoms with van der Waals surface area (Å²) in [6, 6.07) is 30.0. The topological polar surface area (TPSA) is 54.3 Å². The van der Waals surface area contributed by atoms with Gasteiger partial charge in [0, 0.05) is 29.1 Å². The summed E-state index contributed by atoms with van der Waals surface area (Å²) in [6.07, 6.45) is 11.8. The van der Waals surface area contributed by atoms with Crippen LogP contribution in [0.5, 0.6) is 0 Å². The molecule has 1 aromatic heterocycles. The zero-order valence-corrected chi connectivity index (χ0v) is 20.4. The van der Waals surface area contributed by atoms with Gasteiger partial charge in [-0.25, -0.2) is 0 Å². The molecule has 0 aliphatic heterocycles. The van der Waals surface area contributed by atoms with Crippen molar-refractivity contribution in [1.29, 1.82) is 0 Å². The normalized spacial score (nSPS) is 15.4. The number of hydrogen-bond donors (Lipinski definition) is 2. The maximum absolute atomic E-state index is 11.1. The molecule has 4 aromatic rings. The number of aryl methyl sites for hydroxylation is 1. The van der Waals surface area contributed by atoms with Crippen LogP contribution in [0.3, 0.4) is 0 Å². The molecular formula is C32H32N2O2. The van der Waals surface area contributed by atoms with Gasteiger partial charge >= 0.3 is 5.97 Å². The van der Waals surface area contributed by atoms with E-state index in [2.05, 4.69) is 90.3 Å². The average molecular weight is 477 g/mol. The second-order valence-electron chi connectivity index (χ2n) is 9.40. The number of allylic oxidation sites excluding steroid dienone is 2. The van der Waals surface area contributed by atoms with Crippen molar-refractivity contribution in [2.24, 2.45) is 0 Å². The number of benzene rings is 3. The first kappa shape index (κ1) is 23.8. The highest BCUT2D eigenvalue weighted by Gasteiger charge is 2.20. The summed E-state index contributed by atoms with van der Waals surface area (Å²) in [5.41, 5.74) is 6.24. The Morgan fingerprint density at radius 2 is 1.67 bits per heavy atom. The summed E-state index contributed by atoms with van der Waals surface area (Å²) in [5, 5.41) is 14.0. The van der Waals surface area contributed by atoms with Crippen molar-refractivity contribution in [3.63, 3.8) is 0 Å². The number of nitrogens with one attached hydrogen (secondary N) is 1. The summed E-state index contributed by atoms with van der Waals surface area (Å²) >= 11 is 0. The Labute approximate surface area is 212 Å². The van der Waals surface area contributed by atoms with Crippen LogP contribution in [0.15, 0.2) is 115 Å². The van der Waals surface area contributed by atoms with Crippen LogP contribution in [0.1, 0.15) is 35.4 Å². The van der Waals surface area contributed by atoms with E-state index in [1.807, 2.05) is 24.4 Å². The lowest BCUT2D eigenvalue weighted by molar-refractivity contribution is -0.137. The van der Waals surface area contributed by atoms with Gasteiger partial charge in [-0.1, -0.05) is 91.0 Å². The van der Waals surface area contributed by atoms with Gasteiger partial charge in [0.25, 0.3) is 0 Å². The lowest BCUT2D eigenvalue weighted by Crippen LogP contribution is -2.29. The van der Waals surface area contributed by atoms with E-state index in [1.165, 1.54) is 22.3 Å². The monoisotopic (exact) mass is 476 g/mol. The molecule has 1 aliphatic carbocycles. The first-order chi connectivity index (χ1) is 17.7. The summed E-state index contributed by atoms with van der Waals surface area (Å²) in [6.45, 7) is 0.929. The maximum Gasteiger partial charge on any atom is 0.323 e. The van der Waals surface area contributed by atoms with Crippen molar-refractivity contribution in [3.8, 4) is 0 Å². The molecule has 4 heteroatoms. The third kappa shape index (κ3) is 5.50. The van der Waals surface area contributed by atoms with Crippen molar-refractivity contribution >= 4 is 16.9 Å². The van der Waals surface area contributed by atoms with Crippen molar-refractivity contribution in [1.82, 2.24) is 9.88 Å². The molecule has 2 N–H and O–H groups in total. The van der Waals surface area contributed by atoms with Crippen LogP contribution in [0, 0.1) is 0 Å². The van der Waals surface area contributed by atoms with Crippen LogP contribution in [0.2, 0.25) is 0 Å². The van der Waals surface area contributed by atoms with Gasteiger partial charge < -0.3 is 15.0 Å². The first-order valence-corrected chi connectivity index (χ1v) is 12.7. The second kappa shape index (κ2) is 11.2. The number of nitrogens with zero attached hydrogens (tertiary/aromatic N) is 1. The minimum absolute atomic E-state index is 0.00652. The zero-order valence-electron chi connectivity index (χ0n) is 20.4. The highest BCUT2D eigenvalue weighted by atomic mass is 16.4. The second-order valence-corrected chi connectivity index (χ2v) is 9.40. The fourth-order valence-corrected chi connectivity index (χ4v) is 5.23. The van der Waals surface area contributed by atoms with Gasteiger partial charge in [-0.05, 0) is 60.2 Å². The van der Waals surface area contributed by atoms with Crippen LogP contribution in [0.4, 0.5) is 0 Å². The van der Waals surface area contributed by atoms with E-state index in [4.69, 9.17) is 5.11 Å². The molecule has 3 aromatic carbocycles. The van der Waals surface area contributed by atoms with Crippen LogP contribution in [0.25, 0.3) is 10.9 Å². The van der Waals surface area contributed by atoms with Gasteiger partial charge in [0.05, 0.1) is 0 Å². The number of carboxylic acid groups (broad SMARTS) is 1. The van der Waals surface area contributed by atoms with Crippen LogP contribution >= 0.6 is 0 Å². The highest BCUT2D eigenvalue weighted by molar-refractivity contribution is 5.85. The summed E-state index contributed by atoms with van der Waals surface area (Å²) in [7, 11) is 0. The summed E-state index contributed by atoms with van der Waals surface area (Å²) in [4.78, 5) is 11.1. The van der Waals surface area contributed by atoms with Gasteiger partial charge in [-0.2, -0.15) is 0 Å². The van der Waals surface area contributed by atoms with E-state index in [0.717, 1.165) is 36.7 Å². The van der Waals surface area contributed by atoms with E-state index < -0.39 is 5.97 Å². The lowest BCUT2D eigenvalue weighted by atomic mass is 9.82. The standard InChI is InChI=1S/C32H32N2O2/c35-31(36)23-34-22-20-29-24(13-7-15-30(29)34)14-8-21-33-28-18-16-27(17-19-28)32(25-9-3-1-4-10-25)26-11-5-2-6-12-26/h1-7,9-13,15-18,20,22,28,32-33H,8,14,19,21,23H2,(H,35,36). The third-order valence-corrected chi connectivity index (χ3v) is 6.97. The first-order valence-electron chi connectivity index (χ1n) is 12.7. The van der Waals surface area contributed by atoms with Gasteiger partial charge in [0.15, 0.2) is 0 Å². The van der Waals surface area contributed by atoms with Crippen LogP contribution in [-0.4, -0.2) is 28.2 Å². The average Bonchev–Trinajstić information content (AvgIpc) is 3.32. The minimum Gasteiger partial charge on any atom is -0.480 e. The van der Waals surface area contributed by atoms with Gasteiger partial charge in [-0.3, -0.25) is 4.79 Å². The lowest BCUT2D eigenvalue weighted by Gasteiger charge is -2.24. The molecule has 1 heterocycles. The Bertz CT molecular complexity index is 1330. The molecule has 1 aliphatic rings. The fourth-order valence-electron chi connectivity index (χ4n) is 5.23. The number of hydrogen-bond acceptors (Lipinski definition) is 2. The van der Waals surface area contributed by atoms with Crippen molar-refractivity contribution in [2.75, 3.05) is 6.54 Å². The van der Waals surface area contributed by atoms with Gasteiger partial charge in [0.2, 0.25) is 0 Å². The highest BCUT2D eigenvalue weighted by Crippen LogP contribution is 2.34. The molecule has 5 rings (SSSR count). The molecular weight excluding hydrogens is 444 g/mol. The number of aromatic nitrogens is 1. The summed E-state index contributed by atoms with van der Waals surface area (Å²) in [5.74, 6) is -0.572. The number of fused-ring (bicyclic) bond motifs is 1. The molecule has 0 saturated carbocycles. The molecule has 0 amide bonds. The molecule has 182 valence electrons. The number of carbonyl (C=O) groups is 1. The smallest absolute Gasteiger partial charge is 0.323 e. The van der Waals surface area contributed by atoms with E-state index in [9.17, 15) is 4.79 Å². The Balaban J connectivity index is 1.18. The molecule has 1 atom stereocenters. The van der Waals surface area contributed by atoms with Crippen molar-refractivity contribution < 1.29 is 9.90 Å². The number of rotatable bonds is 10. The van der Waals surface area contributed by atoms with E-state index in [-0.39, 0.29) is 12.5 Å². The molecule has 0 fully saturated rings. The largest absolute Gasteiger partial charge is 0.480 e. The molecule has 36 heavy (non-hydrogen) atoms.